The SMILES string of the molecule is CCC(Sc1cccc(NC(=O)COc2ccccc2)c1)C(=O)Nc1cccc2ccccc12. The van der Waals surface area contributed by atoms with E-state index < -0.39 is 0 Å². The van der Waals surface area contributed by atoms with Gasteiger partial charge >= 0.3 is 0 Å². The van der Waals surface area contributed by atoms with Gasteiger partial charge in [0, 0.05) is 21.7 Å². The first-order valence-corrected chi connectivity index (χ1v) is 12.0. The van der Waals surface area contributed by atoms with E-state index >= 15 is 0 Å². The summed E-state index contributed by atoms with van der Waals surface area (Å²) in [5.41, 5.74) is 1.47. The van der Waals surface area contributed by atoms with E-state index in [2.05, 4.69) is 10.6 Å². The number of thioether (sulfide) groups is 1. The molecular weight excluding hydrogens is 444 g/mol. The van der Waals surface area contributed by atoms with Crippen molar-refractivity contribution in [3.63, 3.8) is 0 Å². The van der Waals surface area contributed by atoms with Crippen LogP contribution in [0.5, 0.6) is 5.75 Å². The summed E-state index contributed by atoms with van der Waals surface area (Å²) in [6.07, 6.45) is 0.669. The van der Waals surface area contributed by atoms with Crippen molar-refractivity contribution in [2.75, 3.05) is 17.2 Å². The van der Waals surface area contributed by atoms with Gasteiger partial charge in [-0.15, -0.1) is 11.8 Å². The molecule has 2 N–H and O–H groups in total. The Morgan fingerprint density at radius 3 is 2.41 bits per heavy atom. The van der Waals surface area contributed by atoms with Crippen LogP contribution in [-0.2, 0) is 9.59 Å². The Labute approximate surface area is 203 Å². The average molecular weight is 471 g/mol. The predicted molar refractivity (Wildman–Crippen MR) is 140 cm³/mol. The zero-order valence-corrected chi connectivity index (χ0v) is 19.7. The number of fused-ring (bicyclic) bond motifs is 1. The largest absolute Gasteiger partial charge is 0.484 e. The highest BCUT2D eigenvalue weighted by Gasteiger charge is 2.19. The molecule has 0 aliphatic heterocycles. The zero-order chi connectivity index (χ0) is 23.8. The molecule has 0 aromatic heterocycles. The fraction of sp³-hybridized carbons (Fsp3) is 0.143. The number of carbonyl (C=O) groups is 2. The maximum absolute atomic E-state index is 13.1. The van der Waals surface area contributed by atoms with Gasteiger partial charge in [-0.3, -0.25) is 9.59 Å². The maximum Gasteiger partial charge on any atom is 0.262 e. The van der Waals surface area contributed by atoms with E-state index in [0.717, 1.165) is 21.4 Å². The highest BCUT2D eigenvalue weighted by molar-refractivity contribution is 8.00. The van der Waals surface area contributed by atoms with E-state index in [1.54, 1.807) is 12.1 Å². The predicted octanol–water partition coefficient (Wildman–Crippen LogP) is 6.37. The lowest BCUT2D eigenvalue weighted by molar-refractivity contribution is -0.118. The Hall–Kier alpha value is -3.77. The zero-order valence-electron chi connectivity index (χ0n) is 18.9. The van der Waals surface area contributed by atoms with Crippen molar-refractivity contribution < 1.29 is 14.3 Å². The van der Waals surface area contributed by atoms with Gasteiger partial charge in [0.05, 0.1) is 5.25 Å². The van der Waals surface area contributed by atoms with E-state index in [1.807, 2.05) is 91.9 Å². The van der Waals surface area contributed by atoms with Crippen LogP contribution in [0.15, 0.2) is 102 Å². The number of hydrogen-bond acceptors (Lipinski definition) is 4. The van der Waals surface area contributed by atoms with Gasteiger partial charge in [-0.05, 0) is 48.2 Å². The molecule has 1 unspecified atom stereocenters. The van der Waals surface area contributed by atoms with Crippen LogP contribution in [0.4, 0.5) is 11.4 Å². The van der Waals surface area contributed by atoms with Crippen molar-refractivity contribution in [2.24, 2.45) is 0 Å². The molecule has 4 aromatic carbocycles. The van der Waals surface area contributed by atoms with E-state index in [9.17, 15) is 9.59 Å². The fourth-order valence-electron chi connectivity index (χ4n) is 3.54. The molecule has 0 aliphatic rings. The number of rotatable bonds is 9. The first-order valence-electron chi connectivity index (χ1n) is 11.2. The van der Waals surface area contributed by atoms with E-state index in [-0.39, 0.29) is 23.7 Å². The quantitative estimate of drug-likeness (QED) is 0.279. The minimum Gasteiger partial charge on any atom is -0.484 e. The van der Waals surface area contributed by atoms with Gasteiger partial charge in [0.25, 0.3) is 5.91 Å². The van der Waals surface area contributed by atoms with Crippen LogP contribution < -0.4 is 15.4 Å². The van der Waals surface area contributed by atoms with Crippen molar-refractivity contribution >= 4 is 45.7 Å². The van der Waals surface area contributed by atoms with Gasteiger partial charge in [-0.25, -0.2) is 0 Å². The smallest absolute Gasteiger partial charge is 0.262 e. The number of hydrogen-bond donors (Lipinski definition) is 2. The summed E-state index contributed by atoms with van der Waals surface area (Å²) in [4.78, 5) is 26.2. The molecule has 4 aromatic rings. The monoisotopic (exact) mass is 470 g/mol. The van der Waals surface area contributed by atoms with Crippen LogP contribution in [0.25, 0.3) is 10.8 Å². The Balaban J connectivity index is 1.37. The molecule has 1 atom stereocenters. The number of ether oxygens (including phenoxy) is 1. The minimum absolute atomic E-state index is 0.0467. The van der Waals surface area contributed by atoms with Crippen molar-refractivity contribution in [1.82, 2.24) is 0 Å². The maximum atomic E-state index is 13.1. The second-order valence-corrected chi connectivity index (χ2v) is 8.98. The lowest BCUT2D eigenvalue weighted by Gasteiger charge is -2.16. The van der Waals surface area contributed by atoms with Crippen LogP contribution in [0.2, 0.25) is 0 Å². The molecule has 0 heterocycles. The normalized spacial score (nSPS) is 11.6. The molecule has 0 saturated heterocycles. The van der Waals surface area contributed by atoms with Gasteiger partial charge in [0.15, 0.2) is 6.61 Å². The first kappa shape index (κ1) is 23.4. The van der Waals surface area contributed by atoms with Gasteiger partial charge in [0.2, 0.25) is 5.91 Å². The molecule has 2 amide bonds. The number of amides is 2. The number of nitrogens with one attached hydrogen (secondary N) is 2. The average Bonchev–Trinajstić information content (AvgIpc) is 2.87. The van der Waals surface area contributed by atoms with Crippen LogP contribution >= 0.6 is 11.8 Å². The summed E-state index contributed by atoms with van der Waals surface area (Å²) in [6, 6.07) is 30.6. The molecule has 0 fully saturated rings. The molecule has 34 heavy (non-hydrogen) atoms. The lowest BCUT2D eigenvalue weighted by atomic mass is 10.1. The molecule has 0 aliphatic carbocycles. The molecule has 4 rings (SSSR count). The van der Waals surface area contributed by atoms with Crippen molar-refractivity contribution in [3.8, 4) is 5.75 Å². The third kappa shape index (κ3) is 6.17. The summed E-state index contributed by atoms with van der Waals surface area (Å²) < 4.78 is 5.50. The third-order valence-electron chi connectivity index (χ3n) is 5.22. The number of carbonyl (C=O) groups excluding carboxylic acids is 2. The van der Waals surface area contributed by atoms with Crippen LogP contribution in [0.1, 0.15) is 13.3 Å². The Bertz CT molecular complexity index is 1270. The summed E-state index contributed by atoms with van der Waals surface area (Å²) in [5, 5.41) is 7.77. The summed E-state index contributed by atoms with van der Waals surface area (Å²) >= 11 is 1.48. The van der Waals surface area contributed by atoms with E-state index in [0.29, 0.717) is 17.9 Å². The second kappa shape index (κ2) is 11.4. The summed E-state index contributed by atoms with van der Waals surface area (Å²) in [6.45, 7) is 1.92. The first-order chi connectivity index (χ1) is 16.6. The van der Waals surface area contributed by atoms with Crippen molar-refractivity contribution in [1.29, 1.82) is 0 Å². The fourth-order valence-corrected chi connectivity index (χ4v) is 4.56. The van der Waals surface area contributed by atoms with Gasteiger partial charge < -0.3 is 15.4 Å². The highest BCUT2D eigenvalue weighted by atomic mass is 32.2. The summed E-state index contributed by atoms with van der Waals surface area (Å²) in [7, 11) is 0. The number of para-hydroxylation sites is 1. The number of benzene rings is 4. The highest BCUT2D eigenvalue weighted by Crippen LogP contribution is 2.30. The molecule has 0 bridgehead atoms. The van der Waals surface area contributed by atoms with Crippen molar-refractivity contribution in [3.05, 3.63) is 97.1 Å². The van der Waals surface area contributed by atoms with E-state index in [4.69, 9.17) is 4.74 Å². The second-order valence-electron chi connectivity index (χ2n) is 7.71. The molecular formula is C28H26N2O3S. The van der Waals surface area contributed by atoms with Crippen molar-refractivity contribution in [2.45, 2.75) is 23.5 Å². The van der Waals surface area contributed by atoms with Gasteiger partial charge in [-0.2, -0.15) is 0 Å². The minimum atomic E-state index is -0.272. The number of anilines is 2. The lowest BCUT2D eigenvalue weighted by Crippen LogP contribution is -2.24. The standard InChI is InChI=1S/C28H26N2O3S/c1-2-26(28(32)30-25-17-8-11-20-10-6-7-16-24(20)25)34-23-15-9-12-21(18-23)29-27(31)19-33-22-13-4-3-5-14-22/h3-18,26H,2,19H2,1H3,(H,29,31)(H,30,32). The van der Waals surface area contributed by atoms with Gasteiger partial charge in [-0.1, -0.05) is 67.6 Å². The van der Waals surface area contributed by atoms with Gasteiger partial charge in [0.1, 0.15) is 5.75 Å². The Morgan fingerprint density at radius 2 is 1.59 bits per heavy atom. The molecule has 6 heteroatoms. The summed E-state index contributed by atoms with van der Waals surface area (Å²) in [5.74, 6) is 0.353. The van der Waals surface area contributed by atoms with Crippen LogP contribution in [0, 0.1) is 0 Å². The Morgan fingerprint density at radius 1 is 0.853 bits per heavy atom. The molecule has 0 radical (unpaired) electrons. The molecule has 0 saturated carbocycles. The molecule has 0 spiro atoms. The van der Waals surface area contributed by atoms with Crippen LogP contribution in [-0.4, -0.2) is 23.7 Å². The molecule has 5 nitrogen and oxygen atoms in total. The third-order valence-corrected chi connectivity index (χ3v) is 6.58. The van der Waals surface area contributed by atoms with Crippen LogP contribution in [0.3, 0.4) is 0 Å². The Kier molecular flexibility index (Phi) is 7.83. The topological polar surface area (TPSA) is 67.4 Å². The molecule has 172 valence electrons. The van der Waals surface area contributed by atoms with E-state index in [1.165, 1.54) is 11.8 Å².